The van der Waals surface area contributed by atoms with Gasteiger partial charge in [0.05, 0.1) is 6.20 Å². The largest absolute Gasteiger partial charge is 0.453 e. The number of halogens is 1. The molecule has 0 saturated carbocycles. The van der Waals surface area contributed by atoms with Gasteiger partial charge in [0.2, 0.25) is 0 Å². The van der Waals surface area contributed by atoms with Crippen LogP contribution in [0.1, 0.15) is 21.5 Å². The Kier molecular flexibility index (Phi) is 7.17. The number of ether oxygens (including phenoxy) is 1. The van der Waals surface area contributed by atoms with E-state index < -0.39 is 0 Å². The number of benzene rings is 3. The number of rotatable bonds is 7. The van der Waals surface area contributed by atoms with E-state index in [0.29, 0.717) is 28.6 Å². The molecule has 1 aromatic heterocycles. The number of carbonyl (C=O) groups excluding carboxylic acids is 1. The molecule has 0 spiro atoms. The number of nitrogens with one attached hydrogen (secondary N) is 1. The van der Waals surface area contributed by atoms with E-state index in [2.05, 4.69) is 10.4 Å². The van der Waals surface area contributed by atoms with Crippen molar-refractivity contribution in [1.82, 2.24) is 14.7 Å². The number of hydrogen-bond acceptors (Lipinski definition) is 5. The molecule has 0 radical (unpaired) electrons. The maximum atomic E-state index is 12.8. The Hall–Kier alpha value is -4.10. The number of amides is 1. The van der Waals surface area contributed by atoms with Crippen LogP contribution in [-0.2, 0) is 13.6 Å². The van der Waals surface area contributed by atoms with E-state index in [9.17, 15) is 9.59 Å². The fourth-order valence-corrected chi connectivity index (χ4v) is 3.63. The lowest BCUT2D eigenvalue weighted by atomic mass is 10.1. The van der Waals surface area contributed by atoms with Gasteiger partial charge < -0.3 is 15.0 Å². The van der Waals surface area contributed by atoms with Crippen molar-refractivity contribution in [2.24, 2.45) is 7.05 Å². The second-order valence-corrected chi connectivity index (χ2v) is 8.58. The van der Waals surface area contributed by atoms with E-state index in [0.717, 1.165) is 11.1 Å². The van der Waals surface area contributed by atoms with Crippen molar-refractivity contribution in [2.75, 3.05) is 12.4 Å². The van der Waals surface area contributed by atoms with Crippen molar-refractivity contribution >= 4 is 28.9 Å². The molecule has 8 heteroatoms. The van der Waals surface area contributed by atoms with Crippen LogP contribution >= 0.6 is 11.6 Å². The van der Waals surface area contributed by atoms with Crippen LogP contribution in [0.25, 0.3) is 0 Å². The average Bonchev–Trinajstić information content (AvgIpc) is 2.86. The lowest BCUT2D eigenvalue weighted by Crippen LogP contribution is -2.26. The first-order chi connectivity index (χ1) is 16.8. The number of nitrogens with zero attached hydrogens (tertiary/aromatic N) is 3. The molecule has 0 aliphatic rings. The zero-order chi connectivity index (χ0) is 24.9. The Morgan fingerprint density at radius 2 is 1.80 bits per heavy atom. The Morgan fingerprint density at radius 3 is 2.49 bits per heavy atom. The normalized spacial score (nSPS) is 10.6. The summed E-state index contributed by atoms with van der Waals surface area (Å²) in [5, 5.41) is 7.81. The van der Waals surface area contributed by atoms with Gasteiger partial charge in [-0.2, -0.15) is 5.10 Å². The van der Waals surface area contributed by atoms with Gasteiger partial charge in [0, 0.05) is 36.9 Å². The smallest absolute Gasteiger partial charge is 0.294 e. The van der Waals surface area contributed by atoms with Gasteiger partial charge in [0.25, 0.3) is 11.5 Å². The highest BCUT2D eigenvalue weighted by atomic mass is 35.5. The van der Waals surface area contributed by atoms with Gasteiger partial charge >= 0.3 is 0 Å². The summed E-state index contributed by atoms with van der Waals surface area (Å²) in [5.74, 6) is 0.715. The van der Waals surface area contributed by atoms with Gasteiger partial charge in [0.1, 0.15) is 5.75 Å². The molecule has 4 rings (SSSR count). The number of aryl methyl sites for hydroxylation is 2. The van der Waals surface area contributed by atoms with Crippen LogP contribution in [0.3, 0.4) is 0 Å². The molecular weight excluding hydrogens is 464 g/mol. The quantitative estimate of drug-likeness (QED) is 0.369. The first-order valence-corrected chi connectivity index (χ1v) is 11.4. The van der Waals surface area contributed by atoms with E-state index >= 15 is 0 Å². The molecular formula is C27H25ClN4O3. The highest BCUT2D eigenvalue weighted by molar-refractivity contribution is 6.31. The van der Waals surface area contributed by atoms with Gasteiger partial charge in [-0.25, -0.2) is 4.68 Å². The Bertz CT molecular complexity index is 1400. The summed E-state index contributed by atoms with van der Waals surface area (Å²) in [4.78, 5) is 27.3. The number of carbonyl (C=O) groups is 1. The molecule has 1 amide bonds. The fourth-order valence-electron chi connectivity index (χ4n) is 3.51. The third-order valence-corrected chi connectivity index (χ3v) is 5.89. The minimum absolute atomic E-state index is 0.0950. The summed E-state index contributed by atoms with van der Waals surface area (Å²) in [7, 11) is 3.33. The Morgan fingerprint density at radius 1 is 1.09 bits per heavy atom. The summed E-state index contributed by atoms with van der Waals surface area (Å²) >= 11 is 6.10. The molecule has 0 fully saturated rings. The summed E-state index contributed by atoms with van der Waals surface area (Å²) in [6.07, 6.45) is 1.48. The van der Waals surface area contributed by atoms with Gasteiger partial charge in [0.15, 0.2) is 11.4 Å². The van der Waals surface area contributed by atoms with Crippen LogP contribution in [-0.4, -0.2) is 27.6 Å². The number of anilines is 2. The molecule has 1 heterocycles. The van der Waals surface area contributed by atoms with E-state index in [1.54, 1.807) is 61.5 Å². The maximum absolute atomic E-state index is 12.8. The van der Waals surface area contributed by atoms with E-state index in [1.807, 2.05) is 37.3 Å². The van der Waals surface area contributed by atoms with Crippen molar-refractivity contribution in [3.8, 4) is 11.5 Å². The monoisotopic (exact) mass is 488 g/mol. The summed E-state index contributed by atoms with van der Waals surface area (Å²) < 4.78 is 7.17. The minimum atomic E-state index is -0.351. The minimum Gasteiger partial charge on any atom is -0.453 e. The maximum Gasteiger partial charge on any atom is 0.294 e. The predicted octanol–water partition coefficient (Wildman–Crippen LogP) is 5.55. The van der Waals surface area contributed by atoms with Crippen LogP contribution in [0, 0.1) is 6.92 Å². The fraction of sp³-hybridized carbons (Fsp3) is 0.148. The molecule has 0 aliphatic carbocycles. The molecule has 1 N–H and O–H groups in total. The highest BCUT2D eigenvalue weighted by Gasteiger charge is 2.15. The Labute approximate surface area is 208 Å². The van der Waals surface area contributed by atoms with Crippen LogP contribution in [0.4, 0.5) is 11.4 Å². The highest BCUT2D eigenvalue weighted by Crippen LogP contribution is 2.30. The molecule has 3 aromatic carbocycles. The van der Waals surface area contributed by atoms with Crippen LogP contribution in [0.5, 0.6) is 11.5 Å². The first kappa shape index (κ1) is 24.0. The van der Waals surface area contributed by atoms with Crippen molar-refractivity contribution < 1.29 is 9.53 Å². The van der Waals surface area contributed by atoms with Crippen molar-refractivity contribution in [3.05, 3.63) is 111 Å². The van der Waals surface area contributed by atoms with E-state index in [4.69, 9.17) is 16.3 Å². The van der Waals surface area contributed by atoms with Gasteiger partial charge in [-0.3, -0.25) is 9.59 Å². The Balaban J connectivity index is 1.53. The molecule has 0 unspecified atom stereocenters. The zero-order valence-electron chi connectivity index (χ0n) is 19.7. The second kappa shape index (κ2) is 10.4. The van der Waals surface area contributed by atoms with Gasteiger partial charge in [-0.15, -0.1) is 0 Å². The molecule has 0 aliphatic heterocycles. The van der Waals surface area contributed by atoms with Crippen molar-refractivity contribution in [1.29, 1.82) is 0 Å². The van der Waals surface area contributed by atoms with E-state index in [-0.39, 0.29) is 22.9 Å². The summed E-state index contributed by atoms with van der Waals surface area (Å²) in [6.45, 7) is 2.38. The van der Waals surface area contributed by atoms with Crippen LogP contribution in [0.2, 0.25) is 5.02 Å². The molecule has 0 saturated heterocycles. The second-order valence-electron chi connectivity index (χ2n) is 8.17. The molecule has 35 heavy (non-hydrogen) atoms. The molecule has 178 valence electrons. The van der Waals surface area contributed by atoms with Crippen LogP contribution < -0.4 is 15.6 Å². The topological polar surface area (TPSA) is 76.5 Å². The molecule has 4 aromatic rings. The lowest BCUT2D eigenvalue weighted by Gasteiger charge is -2.18. The summed E-state index contributed by atoms with van der Waals surface area (Å²) in [6, 6.07) is 22.0. The third-order valence-electron chi connectivity index (χ3n) is 5.47. The number of aromatic nitrogens is 2. The summed E-state index contributed by atoms with van der Waals surface area (Å²) in [5.41, 5.74) is 2.97. The SMILES string of the molecule is Cc1cc(Oc2cnn(C)c(=O)c2Nc2ccc(C(=O)N(C)Cc3ccccc3)cc2)ccc1Cl. The van der Waals surface area contributed by atoms with E-state index in [1.165, 1.54) is 10.9 Å². The first-order valence-electron chi connectivity index (χ1n) is 11.0. The third kappa shape index (κ3) is 5.70. The molecule has 7 nitrogen and oxygen atoms in total. The standard InChI is InChI=1S/C27H25ClN4O3/c1-18-15-22(13-14-23(18)28)35-24-16-29-32(3)27(34)25(24)30-21-11-9-20(10-12-21)26(33)31(2)17-19-7-5-4-6-8-19/h4-16,30H,17H2,1-3H3. The van der Waals surface area contributed by atoms with Crippen molar-refractivity contribution in [2.45, 2.75) is 13.5 Å². The molecule has 0 atom stereocenters. The predicted molar refractivity (Wildman–Crippen MR) is 138 cm³/mol. The van der Waals surface area contributed by atoms with Gasteiger partial charge in [-0.1, -0.05) is 41.9 Å². The number of hydrogen-bond donors (Lipinski definition) is 1. The van der Waals surface area contributed by atoms with Crippen molar-refractivity contribution in [3.63, 3.8) is 0 Å². The van der Waals surface area contributed by atoms with Gasteiger partial charge in [-0.05, 0) is 60.5 Å². The average molecular weight is 489 g/mol. The lowest BCUT2D eigenvalue weighted by molar-refractivity contribution is 0.0785. The van der Waals surface area contributed by atoms with Crippen LogP contribution in [0.15, 0.2) is 83.8 Å². The molecule has 0 bridgehead atoms. The zero-order valence-corrected chi connectivity index (χ0v) is 20.4.